The van der Waals surface area contributed by atoms with E-state index >= 15 is 0 Å². The van der Waals surface area contributed by atoms with Gasteiger partial charge in [-0.1, -0.05) is 11.6 Å². The summed E-state index contributed by atoms with van der Waals surface area (Å²) in [6, 6.07) is 4.74. The van der Waals surface area contributed by atoms with Crippen LogP contribution in [0, 0.1) is 0 Å². The van der Waals surface area contributed by atoms with Gasteiger partial charge in [-0.15, -0.1) is 5.12 Å². The lowest BCUT2D eigenvalue weighted by Crippen LogP contribution is -2.52. The molecular formula is C12H12BrClN6O3. The van der Waals surface area contributed by atoms with Crippen molar-refractivity contribution in [1.82, 2.24) is 30.7 Å². The smallest absolute Gasteiger partial charge is 0.420 e. The molecule has 0 spiro atoms. The van der Waals surface area contributed by atoms with Gasteiger partial charge in [0.05, 0.1) is 5.02 Å². The van der Waals surface area contributed by atoms with E-state index in [9.17, 15) is 9.59 Å². The third-order valence-electron chi connectivity index (χ3n) is 2.64. The Morgan fingerprint density at radius 2 is 2.22 bits per heavy atom. The summed E-state index contributed by atoms with van der Waals surface area (Å²) in [5.41, 5.74) is 4.58. The minimum absolute atomic E-state index is 0.128. The van der Waals surface area contributed by atoms with E-state index in [1.165, 1.54) is 16.9 Å². The molecule has 0 aliphatic heterocycles. The molecule has 0 aliphatic rings. The summed E-state index contributed by atoms with van der Waals surface area (Å²) in [6.45, 7) is 1.89. The number of hydrazine groups is 2. The first kappa shape index (κ1) is 17.2. The maximum absolute atomic E-state index is 12.4. The maximum atomic E-state index is 12.4. The number of amides is 2. The van der Waals surface area contributed by atoms with Gasteiger partial charge in [-0.3, -0.25) is 10.2 Å². The summed E-state index contributed by atoms with van der Waals surface area (Å²) in [5, 5.41) is 14.2. The lowest BCUT2D eigenvalue weighted by Gasteiger charge is -2.20. The van der Waals surface area contributed by atoms with Crippen LogP contribution in [-0.4, -0.2) is 43.5 Å². The van der Waals surface area contributed by atoms with Crippen molar-refractivity contribution in [3.63, 3.8) is 0 Å². The highest BCUT2D eigenvalue weighted by Gasteiger charge is 2.20. The Kier molecular flexibility index (Phi) is 5.53. The summed E-state index contributed by atoms with van der Waals surface area (Å²) in [5.74, 6) is -0.306. The first-order chi connectivity index (χ1) is 10.9. The SMILES string of the molecule is CCN(NC(=O)O)NC(=O)c1cc(Br)nn1-c1ncccc1Cl. The lowest BCUT2D eigenvalue weighted by atomic mass is 10.4. The molecule has 2 aromatic rings. The lowest BCUT2D eigenvalue weighted by molar-refractivity contribution is 0.0662. The largest absolute Gasteiger partial charge is 0.464 e. The minimum Gasteiger partial charge on any atom is -0.464 e. The van der Waals surface area contributed by atoms with Crippen LogP contribution in [0.25, 0.3) is 5.82 Å². The second kappa shape index (κ2) is 7.40. The van der Waals surface area contributed by atoms with Crippen LogP contribution >= 0.6 is 27.5 Å². The van der Waals surface area contributed by atoms with Crippen molar-refractivity contribution >= 4 is 39.5 Å². The van der Waals surface area contributed by atoms with Gasteiger partial charge in [0.2, 0.25) is 0 Å². The molecule has 2 aromatic heterocycles. The minimum atomic E-state index is -1.30. The molecule has 122 valence electrons. The van der Waals surface area contributed by atoms with Crippen LogP contribution < -0.4 is 10.9 Å². The van der Waals surface area contributed by atoms with Crippen molar-refractivity contribution in [1.29, 1.82) is 0 Å². The molecule has 2 amide bonds. The van der Waals surface area contributed by atoms with Gasteiger partial charge >= 0.3 is 6.09 Å². The zero-order valence-electron chi connectivity index (χ0n) is 11.8. The molecule has 9 nitrogen and oxygen atoms in total. The monoisotopic (exact) mass is 402 g/mol. The van der Waals surface area contributed by atoms with Crippen molar-refractivity contribution < 1.29 is 14.7 Å². The van der Waals surface area contributed by atoms with Crippen molar-refractivity contribution in [3.8, 4) is 5.82 Å². The van der Waals surface area contributed by atoms with E-state index in [0.717, 1.165) is 5.12 Å². The number of rotatable bonds is 5. The Balaban J connectivity index is 2.31. The Hall–Kier alpha value is -2.17. The van der Waals surface area contributed by atoms with Crippen LogP contribution in [0.3, 0.4) is 0 Å². The van der Waals surface area contributed by atoms with Gasteiger partial charge in [0, 0.05) is 18.8 Å². The number of carboxylic acid groups (broad SMARTS) is 1. The summed E-state index contributed by atoms with van der Waals surface area (Å²) in [4.78, 5) is 27.1. The molecule has 0 saturated carbocycles. The summed E-state index contributed by atoms with van der Waals surface area (Å²) in [6.07, 6.45) is 0.220. The van der Waals surface area contributed by atoms with Crippen molar-refractivity contribution in [3.05, 3.63) is 39.7 Å². The number of hydrogen-bond acceptors (Lipinski definition) is 5. The molecule has 0 saturated heterocycles. The molecule has 0 bridgehead atoms. The highest BCUT2D eigenvalue weighted by atomic mass is 79.9. The van der Waals surface area contributed by atoms with Crippen LogP contribution in [0.2, 0.25) is 5.02 Å². The number of carbonyl (C=O) groups excluding carboxylic acids is 1. The van der Waals surface area contributed by atoms with Gasteiger partial charge in [0.25, 0.3) is 5.91 Å². The molecule has 0 radical (unpaired) electrons. The van der Waals surface area contributed by atoms with E-state index in [1.807, 2.05) is 5.43 Å². The summed E-state index contributed by atoms with van der Waals surface area (Å²) < 4.78 is 1.66. The van der Waals surface area contributed by atoms with Crippen LogP contribution in [-0.2, 0) is 0 Å². The fraction of sp³-hybridized carbons (Fsp3) is 0.167. The molecule has 0 aliphatic carbocycles. The molecule has 11 heteroatoms. The van der Waals surface area contributed by atoms with Crippen LogP contribution in [0.4, 0.5) is 4.79 Å². The number of pyridine rings is 1. The topological polar surface area (TPSA) is 112 Å². The molecule has 0 atom stereocenters. The average Bonchev–Trinajstić information content (AvgIpc) is 2.88. The second-order valence-corrected chi connectivity index (χ2v) is 5.39. The van der Waals surface area contributed by atoms with Crippen molar-refractivity contribution in [2.75, 3.05) is 6.54 Å². The quantitative estimate of drug-likeness (QED) is 0.657. The van der Waals surface area contributed by atoms with E-state index in [0.29, 0.717) is 9.63 Å². The molecule has 0 fully saturated rings. The van der Waals surface area contributed by atoms with Crippen molar-refractivity contribution in [2.45, 2.75) is 6.92 Å². The molecule has 2 heterocycles. The van der Waals surface area contributed by atoms with E-state index in [4.69, 9.17) is 16.7 Å². The predicted octanol–water partition coefficient (Wildman–Crippen LogP) is 1.83. The third kappa shape index (κ3) is 4.18. The maximum Gasteiger partial charge on any atom is 0.420 e. The Morgan fingerprint density at radius 1 is 1.48 bits per heavy atom. The van der Waals surface area contributed by atoms with Crippen LogP contribution in [0.1, 0.15) is 17.4 Å². The van der Waals surface area contributed by atoms with E-state index in [-0.39, 0.29) is 18.1 Å². The fourth-order valence-electron chi connectivity index (χ4n) is 1.69. The summed E-state index contributed by atoms with van der Waals surface area (Å²) >= 11 is 9.27. The highest BCUT2D eigenvalue weighted by molar-refractivity contribution is 9.10. The molecule has 2 rings (SSSR count). The number of aromatic nitrogens is 3. The highest BCUT2D eigenvalue weighted by Crippen LogP contribution is 2.21. The number of nitrogens with one attached hydrogen (secondary N) is 2. The zero-order valence-corrected chi connectivity index (χ0v) is 14.2. The van der Waals surface area contributed by atoms with Crippen molar-refractivity contribution in [2.24, 2.45) is 0 Å². The van der Waals surface area contributed by atoms with Crippen LogP contribution in [0.15, 0.2) is 29.0 Å². The van der Waals surface area contributed by atoms with Gasteiger partial charge < -0.3 is 5.11 Å². The van der Waals surface area contributed by atoms with E-state index in [1.54, 1.807) is 19.1 Å². The van der Waals surface area contributed by atoms with Gasteiger partial charge in [-0.25, -0.2) is 19.9 Å². The first-order valence-electron chi connectivity index (χ1n) is 6.37. The van der Waals surface area contributed by atoms with Gasteiger partial charge in [0.1, 0.15) is 10.3 Å². The summed E-state index contributed by atoms with van der Waals surface area (Å²) in [7, 11) is 0. The van der Waals surface area contributed by atoms with Gasteiger partial charge in [0.15, 0.2) is 5.82 Å². The molecule has 0 unspecified atom stereocenters. The Labute approximate surface area is 144 Å². The standard InChI is InChI=1S/C12H12BrClN6O3/c1-2-19(18-12(22)23)17-11(21)8-6-9(13)16-20(8)10-7(14)4-3-5-15-10/h3-6,18H,2H2,1H3,(H,17,21)(H,22,23). The van der Waals surface area contributed by atoms with Gasteiger partial charge in [-0.2, -0.15) is 5.10 Å². The van der Waals surface area contributed by atoms with E-state index < -0.39 is 12.0 Å². The third-order valence-corrected chi connectivity index (χ3v) is 3.32. The normalized spacial score (nSPS) is 10.6. The fourth-order valence-corrected chi connectivity index (χ4v) is 2.27. The zero-order chi connectivity index (χ0) is 17.0. The predicted molar refractivity (Wildman–Crippen MR) is 85.1 cm³/mol. The number of halogens is 2. The van der Waals surface area contributed by atoms with Gasteiger partial charge in [-0.05, 0) is 35.0 Å². The molecule has 3 N–H and O–H groups in total. The number of nitrogens with zero attached hydrogens (tertiary/aromatic N) is 4. The number of hydrogen-bond donors (Lipinski definition) is 3. The molecule has 0 aromatic carbocycles. The first-order valence-corrected chi connectivity index (χ1v) is 7.54. The average molecular weight is 404 g/mol. The van der Waals surface area contributed by atoms with Crippen LogP contribution in [0.5, 0.6) is 0 Å². The Bertz CT molecular complexity index is 737. The molecule has 23 heavy (non-hydrogen) atoms. The molecular weight excluding hydrogens is 392 g/mol. The second-order valence-electron chi connectivity index (χ2n) is 4.18. The Morgan fingerprint density at radius 3 is 2.83 bits per heavy atom. The van der Waals surface area contributed by atoms with E-state index in [2.05, 4.69) is 31.4 Å². The number of carbonyl (C=O) groups is 2.